The van der Waals surface area contributed by atoms with E-state index in [9.17, 15) is 14.4 Å². The van der Waals surface area contributed by atoms with Gasteiger partial charge in [0.15, 0.2) is 5.54 Å². The Bertz CT molecular complexity index is 2080. The number of primary amides is 1. The van der Waals surface area contributed by atoms with Crippen LogP contribution in [0.1, 0.15) is 44.9 Å². The van der Waals surface area contributed by atoms with Crippen LogP contribution in [0.15, 0.2) is 109 Å². The Balaban J connectivity index is 1.46. The predicted molar refractivity (Wildman–Crippen MR) is 186 cm³/mol. The quantitative estimate of drug-likeness (QED) is 0.200. The lowest BCUT2D eigenvalue weighted by Gasteiger charge is -2.43. The van der Waals surface area contributed by atoms with Crippen LogP contribution in [-0.4, -0.2) is 39.2 Å². The Morgan fingerprint density at radius 3 is 2.02 bits per heavy atom. The Morgan fingerprint density at radius 1 is 0.796 bits per heavy atom. The van der Waals surface area contributed by atoms with Gasteiger partial charge in [-0.05, 0) is 75.4 Å². The first-order chi connectivity index (χ1) is 23.5. The zero-order chi connectivity index (χ0) is 34.5. The molecule has 2 unspecified atom stereocenters. The third kappa shape index (κ3) is 5.43. The van der Waals surface area contributed by atoms with Gasteiger partial charge in [-0.1, -0.05) is 78.9 Å². The molecular weight excluding hydrogens is 618 g/mol. The van der Waals surface area contributed by atoms with Crippen molar-refractivity contribution >= 4 is 51.8 Å². The molecule has 2 atom stereocenters. The number of para-hydroxylation sites is 4. The van der Waals surface area contributed by atoms with Crippen LogP contribution >= 0.6 is 0 Å². The Labute approximate surface area is 284 Å². The highest BCUT2D eigenvalue weighted by molar-refractivity contribution is 6.22. The van der Waals surface area contributed by atoms with E-state index >= 15 is 4.79 Å². The number of nitrogens with zero attached hydrogens (tertiary/aromatic N) is 4. The van der Waals surface area contributed by atoms with E-state index in [-0.39, 0.29) is 12.3 Å². The summed E-state index contributed by atoms with van der Waals surface area (Å²) in [6.45, 7) is 5.30. The molecule has 1 aliphatic carbocycles. The molecule has 0 spiro atoms. The molecule has 10 nitrogen and oxygen atoms in total. The van der Waals surface area contributed by atoms with Crippen molar-refractivity contribution in [2.24, 2.45) is 17.6 Å². The molecule has 0 bridgehead atoms. The van der Waals surface area contributed by atoms with Crippen LogP contribution in [-0.2, 0) is 31.1 Å². The van der Waals surface area contributed by atoms with Gasteiger partial charge in [-0.25, -0.2) is 4.79 Å². The van der Waals surface area contributed by atoms with Gasteiger partial charge in [0.1, 0.15) is 11.5 Å². The van der Waals surface area contributed by atoms with E-state index in [4.69, 9.17) is 10.5 Å². The Kier molecular flexibility index (Phi) is 7.81. The fourth-order valence-electron chi connectivity index (χ4n) is 6.99. The number of ether oxygens (including phenoxy) is 1. The van der Waals surface area contributed by atoms with E-state index in [0.29, 0.717) is 52.1 Å². The lowest BCUT2D eigenvalue weighted by molar-refractivity contribution is -0.135. The number of hydrogen-bond acceptors (Lipinski definition) is 6. The number of carbonyl (C=O) groups is 4. The van der Waals surface area contributed by atoms with Gasteiger partial charge in [-0.15, -0.1) is 0 Å². The number of rotatable bonds is 7. The minimum absolute atomic E-state index is 0.157. The largest absolute Gasteiger partial charge is 0.442 e. The molecule has 0 radical (unpaired) electrons. The molecule has 3 amide bonds. The summed E-state index contributed by atoms with van der Waals surface area (Å²) in [5, 5.41) is 5.25. The molecule has 1 aliphatic heterocycles. The van der Waals surface area contributed by atoms with Crippen molar-refractivity contribution in [3.05, 3.63) is 120 Å². The Hall–Kier alpha value is -5.77. The van der Waals surface area contributed by atoms with E-state index in [0.717, 1.165) is 0 Å². The van der Waals surface area contributed by atoms with Gasteiger partial charge in [-0.2, -0.15) is 9.78 Å². The number of hydrogen-bond donors (Lipinski definition) is 1. The number of anilines is 3. The highest BCUT2D eigenvalue weighted by Crippen LogP contribution is 2.54. The highest BCUT2D eigenvalue weighted by atomic mass is 16.6. The van der Waals surface area contributed by atoms with E-state index in [2.05, 4.69) is 5.10 Å². The molecule has 2 heterocycles. The van der Waals surface area contributed by atoms with Crippen LogP contribution in [0.3, 0.4) is 0 Å². The van der Waals surface area contributed by atoms with Crippen LogP contribution in [0.4, 0.5) is 21.9 Å². The average molecular weight is 656 g/mol. The van der Waals surface area contributed by atoms with Crippen molar-refractivity contribution in [1.29, 1.82) is 0 Å². The summed E-state index contributed by atoms with van der Waals surface area (Å²) in [6.07, 6.45) is 0.514. The summed E-state index contributed by atoms with van der Waals surface area (Å²) >= 11 is 0. The van der Waals surface area contributed by atoms with Crippen molar-refractivity contribution < 1.29 is 23.9 Å². The first-order valence-electron chi connectivity index (χ1n) is 16.4. The smallest absolute Gasteiger partial charge is 0.435 e. The fraction of sp³-hybridized carbons (Fsp3) is 0.256. The van der Waals surface area contributed by atoms with Crippen molar-refractivity contribution in [3.8, 4) is 0 Å². The maximum atomic E-state index is 15.4. The number of carbonyl (C=O) groups excluding carboxylic acids is 4. The van der Waals surface area contributed by atoms with Crippen molar-refractivity contribution in [3.63, 3.8) is 0 Å². The monoisotopic (exact) mass is 655 g/mol. The summed E-state index contributed by atoms with van der Waals surface area (Å²) < 4.78 is 6.82. The second-order valence-electron chi connectivity index (χ2n) is 13.6. The minimum atomic E-state index is -1.57. The molecule has 1 fully saturated rings. The maximum Gasteiger partial charge on any atom is 0.435 e. The average Bonchev–Trinajstić information content (AvgIpc) is 3.88. The van der Waals surface area contributed by atoms with Crippen LogP contribution < -0.4 is 15.5 Å². The van der Waals surface area contributed by atoms with E-state index in [1.54, 1.807) is 75.4 Å². The topological polar surface area (TPSA) is 128 Å². The molecule has 4 aromatic carbocycles. The molecule has 7 rings (SSSR count). The first kappa shape index (κ1) is 31.8. The number of amides is 3. The van der Waals surface area contributed by atoms with Gasteiger partial charge in [0.05, 0.1) is 22.6 Å². The molecule has 49 heavy (non-hydrogen) atoms. The first-order valence-corrected chi connectivity index (χ1v) is 16.4. The number of aromatic nitrogens is 2. The molecule has 248 valence electrons. The summed E-state index contributed by atoms with van der Waals surface area (Å²) in [5.74, 6) is -3.37. The fourth-order valence-corrected chi connectivity index (χ4v) is 6.99. The molecule has 10 heteroatoms. The zero-order valence-corrected chi connectivity index (χ0v) is 27.6. The van der Waals surface area contributed by atoms with Crippen molar-refractivity contribution in [2.75, 3.05) is 9.80 Å². The lowest BCUT2D eigenvalue weighted by Crippen LogP contribution is -2.61. The van der Waals surface area contributed by atoms with Crippen LogP contribution in [0.25, 0.3) is 10.9 Å². The highest BCUT2D eigenvalue weighted by Gasteiger charge is 2.60. The summed E-state index contributed by atoms with van der Waals surface area (Å²) in [4.78, 5) is 60.7. The van der Waals surface area contributed by atoms with E-state index < -0.39 is 40.9 Å². The van der Waals surface area contributed by atoms with Gasteiger partial charge in [0, 0.05) is 17.5 Å². The lowest BCUT2D eigenvalue weighted by atomic mass is 9.80. The third-order valence-electron chi connectivity index (χ3n) is 9.15. The van der Waals surface area contributed by atoms with Gasteiger partial charge in [-0.3, -0.25) is 24.2 Å². The van der Waals surface area contributed by atoms with Crippen molar-refractivity contribution in [2.45, 2.75) is 51.2 Å². The molecule has 5 aromatic rings. The number of benzene rings is 4. The van der Waals surface area contributed by atoms with Crippen molar-refractivity contribution in [1.82, 2.24) is 9.78 Å². The van der Waals surface area contributed by atoms with Crippen LogP contribution in [0.5, 0.6) is 0 Å². The minimum Gasteiger partial charge on any atom is -0.442 e. The normalized spacial score (nSPS) is 17.7. The predicted octanol–water partition coefficient (Wildman–Crippen LogP) is 6.48. The maximum absolute atomic E-state index is 15.4. The Morgan fingerprint density at radius 2 is 1.39 bits per heavy atom. The number of nitrogens with two attached hydrogens (primary N) is 1. The second-order valence-corrected chi connectivity index (χ2v) is 13.6. The standard InChI is InChI=1S/C39H37N5O5/c1-38(2,3)49-37(48)44-31-19-11-10-18-28(31)30(41-44)24-29-34(45)42(27-16-8-5-9-17-27)32-20-12-13-21-33(32)43(35(29)46)39(36(40)47,26-22-23-26)25-14-6-4-7-15-25/h4-21,26,29H,22-24H2,1-3H3,(H2,40,47). The van der Waals surface area contributed by atoms with E-state index in [1.807, 2.05) is 54.6 Å². The summed E-state index contributed by atoms with van der Waals surface area (Å²) in [7, 11) is 0. The SMILES string of the molecule is CC(C)(C)OC(=O)n1nc(CC2C(=O)N(c3ccccc3)c3ccccc3N(C(C(N)=O)(c3ccccc3)C3CC3)C2=O)c2ccccc21. The summed E-state index contributed by atoms with van der Waals surface area (Å²) in [6, 6.07) is 32.4. The zero-order valence-electron chi connectivity index (χ0n) is 27.6. The summed E-state index contributed by atoms with van der Waals surface area (Å²) in [5.41, 5.74) is 6.85. The van der Waals surface area contributed by atoms with E-state index in [1.165, 1.54) is 14.5 Å². The molecule has 1 saturated carbocycles. The van der Waals surface area contributed by atoms with Gasteiger partial charge < -0.3 is 10.5 Å². The van der Waals surface area contributed by atoms with Gasteiger partial charge in [0.25, 0.3) is 0 Å². The third-order valence-corrected chi connectivity index (χ3v) is 9.15. The van der Waals surface area contributed by atoms with Gasteiger partial charge in [0.2, 0.25) is 17.7 Å². The van der Waals surface area contributed by atoms with Crippen LogP contribution in [0, 0.1) is 11.8 Å². The molecule has 2 aliphatic rings. The molecular formula is C39H37N5O5. The van der Waals surface area contributed by atoms with Gasteiger partial charge >= 0.3 is 6.09 Å². The van der Waals surface area contributed by atoms with Crippen LogP contribution in [0.2, 0.25) is 0 Å². The molecule has 2 N–H and O–H groups in total. The molecule has 0 saturated heterocycles. The number of fused-ring (bicyclic) bond motifs is 2. The molecule has 1 aromatic heterocycles. The second kappa shape index (κ2) is 12.0.